The van der Waals surface area contributed by atoms with Crippen molar-refractivity contribution in [3.63, 3.8) is 0 Å². The van der Waals surface area contributed by atoms with Crippen LogP contribution in [0, 0.1) is 16.0 Å². The number of urea groups is 1. The summed E-state index contributed by atoms with van der Waals surface area (Å²) in [5.41, 5.74) is 1.70. The molecule has 3 atom stereocenters. The van der Waals surface area contributed by atoms with Gasteiger partial charge in [-0.05, 0) is 55.6 Å². The van der Waals surface area contributed by atoms with E-state index in [0.29, 0.717) is 11.5 Å². The lowest BCUT2D eigenvalue weighted by molar-refractivity contribution is -0.384. The summed E-state index contributed by atoms with van der Waals surface area (Å²) >= 11 is 5.30. The van der Waals surface area contributed by atoms with Gasteiger partial charge in [0.25, 0.3) is 11.6 Å². The number of nitrogens with one attached hydrogen (secondary N) is 3. The SMILES string of the molecule is C[C@@H]1CCCC[C@@H]1NC(=S)NN1C(=O)N[C@](C)(c2ccc([N+](=O)[O-])cc2)C1=O. The highest BCUT2D eigenvalue weighted by Gasteiger charge is 2.50. The molecule has 1 aliphatic heterocycles. The number of rotatable bonds is 4. The highest BCUT2D eigenvalue weighted by Crippen LogP contribution is 2.29. The van der Waals surface area contributed by atoms with Gasteiger partial charge in [0.05, 0.1) is 4.92 Å². The number of hydrogen-bond donors (Lipinski definition) is 3. The number of hydrogen-bond acceptors (Lipinski definition) is 5. The zero-order valence-electron chi connectivity index (χ0n) is 15.7. The lowest BCUT2D eigenvalue weighted by Crippen LogP contribution is -2.54. The predicted molar refractivity (Wildman–Crippen MR) is 106 cm³/mol. The molecule has 3 rings (SSSR count). The number of amides is 3. The fourth-order valence-corrected chi connectivity index (χ4v) is 3.93. The monoisotopic (exact) mass is 405 g/mol. The average molecular weight is 405 g/mol. The Morgan fingerprint density at radius 1 is 1.29 bits per heavy atom. The summed E-state index contributed by atoms with van der Waals surface area (Å²) < 4.78 is 0. The Morgan fingerprint density at radius 2 is 1.93 bits per heavy atom. The fourth-order valence-electron chi connectivity index (χ4n) is 3.69. The van der Waals surface area contributed by atoms with Gasteiger partial charge in [-0.15, -0.1) is 0 Å². The average Bonchev–Trinajstić information content (AvgIpc) is 2.88. The van der Waals surface area contributed by atoms with E-state index in [-0.39, 0.29) is 16.8 Å². The first-order chi connectivity index (χ1) is 13.2. The van der Waals surface area contributed by atoms with E-state index in [9.17, 15) is 19.7 Å². The van der Waals surface area contributed by atoms with Gasteiger partial charge in [-0.25, -0.2) is 4.79 Å². The van der Waals surface area contributed by atoms with Crippen molar-refractivity contribution in [2.24, 2.45) is 5.92 Å². The van der Waals surface area contributed by atoms with Crippen molar-refractivity contribution in [1.29, 1.82) is 0 Å². The number of imide groups is 1. The number of non-ortho nitro benzene ring substituents is 1. The Bertz CT molecular complexity index is 815. The number of nitrogens with zero attached hydrogens (tertiary/aromatic N) is 2. The van der Waals surface area contributed by atoms with Crippen LogP contribution in [0.15, 0.2) is 24.3 Å². The number of thiocarbonyl (C=S) groups is 1. The van der Waals surface area contributed by atoms with Gasteiger partial charge in [0.2, 0.25) is 0 Å². The molecule has 0 aromatic heterocycles. The molecule has 10 heteroatoms. The summed E-state index contributed by atoms with van der Waals surface area (Å²) in [7, 11) is 0. The van der Waals surface area contributed by atoms with Crippen molar-refractivity contribution < 1.29 is 14.5 Å². The molecule has 3 N–H and O–H groups in total. The molecule has 0 bridgehead atoms. The molecule has 2 aliphatic rings. The number of benzene rings is 1. The highest BCUT2D eigenvalue weighted by molar-refractivity contribution is 7.80. The zero-order valence-corrected chi connectivity index (χ0v) is 16.5. The van der Waals surface area contributed by atoms with Crippen molar-refractivity contribution in [3.05, 3.63) is 39.9 Å². The fraction of sp³-hybridized carbons (Fsp3) is 0.500. The minimum absolute atomic E-state index is 0.0916. The minimum Gasteiger partial charge on any atom is -0.358 e. The maximum Gasteiger partial charge on any atom is 0.344 e. The van der Waals surface area contributed by atoms with Crippen LogP contribution < -0.4 is 16.1 Å². The molecule has 1 saturated heterocycles. The molecule has 0 unspecified atom stereocenters. The Labute approximate surface area is 168 Å². The lowest BCUT2D eigenvalue weighted by atomic mass is 9.86. The molecule has 1 aliphatic carbocycles. The second-order valence-corrected chi connectivity index (χ2v) is 7.86. The van der Waals surface area contributed by atoms with Gasteiger partial charge in [0.15, 0.2) is 5.11 Å². The van der Waals surface area contributed by atoms with E-state index in [2.05, 4.69) is 23.0 Å². The third-order valence-corrected chi connectivity index (χ3v) is 5.70. The summed E-state index contributed by atoms with van der Waals surface area (Å²) in [5, 5.41) is 17.7. The Kier molecular flexibility index (Phi) is 5.50. The molecular weight excluding hydrogens is 382 g/mol. The first-order valence-electron chi connectivity index (χ1n) is 9.21. The van der Waals surface area contributed by atoms with E-state index in [4.69, 9.17) is 12.2 Å². The lowest BCUT2D eigenvalue weighted by Gasteiger charge is -2.31. The minimum atomic E-state index is -1.34. The highest BCUT2D eigenvalue weighted by atomic mass is 32.1. The van der Waals surface area contributed by atoms with Gasteiger partial charge in [-0.2, -0.15) is 5.01 Å². The zero-order chi connectivity index (χ0) is 20.5. The van der Waals surface area contributed by atoms with Gasteiger partial charge in [0.1, 0.15) is 5.54 Å². The van der Waals surface area contributed by atoms with Gasteiger partial charge in [-0.1, -0.05) is 19.8 Å². The van der Waals surface area contributed by atoms with Crippen LogP contribution in [0.4, 0.5) is 10.5 Å². The molecular formula is C18H23N5O4S. The van der Waals surface area contributed by atoms with E-state index in [1.165, 1.54) is 30.7 Å². The molecule has 1 saturated carbocycles. The van der Waals surface area contributed by atoms with Crippen LogP contribution in [0.25, 0.3) is 0 Å². The smallest absolute Gasteiger partial charge is 0.344 e. The molecule has 1 aromatic carbocycles. The van der Waals surface area contributed by atoms with Gasteiger partial charge >= 0.3 is 6.03 Å². The molecule has 2 fully saturated rings. The van der Waals surface area contributed by atoms with Crippen molar-refractivity contribution >= 4 is 35.0 Å². The standard InChI is InChI=1S/C18H23N5O4S/c1-11-5-3-4-6-14(11)19-16(28)21-22-15(24)18(2,20-17(22)25)12-7-9-13(10-8-12)23(26)27/h7-11,14H,3-6H2,1-2H3,(H,20,25)(H2,19,21,28)/t11-,14+,18-/m1/s1. The molecule has 9 nitrogen and oxygen atoms in total. The second-order valence-electron chi connectivity index (χ2n) is 7.45. The maximum atomic E-state index is 12.9. The van der Waals surface area contributed by atoms with Crippen molar-refractivity contribution in [3.8, 4) is 0 Å². The van der Waals surface area contributed by atoms with Gasteiger partial charge in [0, 0.05) is 18.2 Å². The molecule has 0 spiro atoms. The number of carbonyl (C=O) groups excluding carboxylic acids is 2. The number of hydrazine groups is 1. The third kappa shape index (κ3) is 3.77. The van der Waals surface area contributed by atoms with Crippen LogP contribution in [0.3, 0.4) is 0 Å². The normalized spacial score (nSPS) is 27.3. The van der Waals surface area contributed by atoms with Crippen LogP contribution in [0.1, 0.15) is 45.1 Å². The quantitative estimate of drug-likeness (QED) is 0.305. The van der Waals surface area contributed by atoms with E-state index in [1.54, 1.807) is 6.92 Å². The second kappa shape index (κ2) is 7.70. The van der Waals surface area contributed by atoms with Crippen LogP contribution in [0.5, 0.6) is 0 Å². The van der Waals surface area contributed by atoms with E-state index in [0.717, 1.165) is 24.3 Å². The summed E-state index contributed by atoms with van der Waals surface area (Å²) in [6.07, 6.45) is 4.41. The summed E-state index contributed by atoms with van der Waals surface area (Å²) in [4.78, 5) is 35.6. The van der Waals surface area contributed by atoms with Crippen molar-refractivity contribution in [2.45, 2.75) is 51.1 Å². The summed E-state index contributed by atoms with van der Waals surface area (Å²) in [5.74, 6) is -0.0748. The van der Waals surface area contributed by atoms with Crippen LogP contribution in [0.2, 0.25) is 0 Å². The largest absolute Gasteiger partial charge is 0.358 e. The predicted octanol–water partition coefficient (Wildman–Crippen LogP) is 2.32. The number of nitro groups is 1. The first kappa shape index (κ1) is 20.0. The molecule has 3 amide bonds. The van der Waals surface area contributed by atoms with E-state index in [1.807, 2.05) is 0 Å². The van der Waals surface area contributed by atoms with E-state index < -0.39 is 22.4 Å². The first-order valence-corrected chi connectivity index (χ1v) is 9.62. The Balaban J connectivity index is 1.70. The molecule has 150 valence electrons. The molecule has 0 radical (unpaired) electrons. The molecule has 1 heterocycles. The Morgan fingerprint density at radius 3 is 2.54 bits per heavy atom. The summed E-state index contributed by atoms with van der Waals surface area (Å²) in [6.45, 7) is 3.70. The van der Waals surface area contributed by atoms with Gasteiger partial charge < -0.3 is 10.6 Å². The topological polar surface area (TPSA) is 117 Å². The summed E-state index contributed by atoms with van der Waals surface area (Å²) in [6, 6.07) is 5.09. The van der Waals surface area contributed by atoms with Crippen LogP contribution in [-0.4, -0.2) is 33.0 Å². The number of nitro benzene ring substituents is 1. The van der Waals surface area contributed by atoms with E-state index >= 15 is 0 Å². The Hall–Kier alpha value is -2.75. The van der Waals surface area contributed by atoms with Gasteiger partial charge in [-0.3, -0.25) is 20.3 Å². The number of carbonyl (C=O) groups is 2. The third-order valence-electron chi connectivity index (χ3n) is 5.49. The van der Waals surface area contributed by atoms with Crippen molar-refractivity contribution in [1.82, 2.24) is 21.1 Å². The maximum absolute atomic E-state index is 12.9. The van der Waals surface area contributed by atoms with Crippen molar-refractivity contribution in [2.75, 3.05) is 0 Å². The molecule has 1 aromatic rings. The van der Waals surface area contributed by atoms with Crippen LogP contribution >= 0.6 is 12.2 Å². The van der Waals surface area contributed by atoms with Crippen LogP contribution in [-0.2, 0) is 10.3 Å². The molecule has 28 heavy (non-hydrogen) atoms.